The molecule has 0 saturated carbocycles. The molecular weight excluding hydrogens is 471 g/mol. The lowest BCUT2D eigenvalue weighted by Crippen LogP contribution is -2.41. The Morgan fingerprint density at radius 3 is 2.63 bits per heavy atom. The predicted octanol–water partition coefficient (Wildman–Crippen LogP) is 3.63. The van der Waals surface area contributed by atoms with Gasteiger partial charge in [-0.1, -0.05) is 13.0 Å². The van der Waals surface area contributed by atoms with E-state index >= 15 is 0 Å². The lowest BCUT2D eigenvalue weighted by molar-refractivity contribution is 0.0981. The molecule has 2 N–H and O–H groups in total. The predicted molar refractivity (Wildman–Crippen MR) is 131 cm³/mol. The number of hydrogen-bond acceptors (Lipinski definition) is 6. The van der Waals surface area contributed by atoms with Gasteiger partial charge in [-0.3, -0.25) is 9.59 Å². The van der Waals surface area contributed by atoms with Crippen LogP contribution in [0.2, 0.25) is 0 Å². The SMILES string of the molecule is Cc1ccc(F)cc1-c1ccc(C(=O)NS(=O)(=O)c2ccc[nH]c2=O)c(N2C[C@@H](C)CC2(C)C)n1. The number of hydrogen-bond donors (Lipinski definition) is 2. The second kappa shape index (κ2) is 8.92. The molecule has 2 aromatic heterocycles. The van der Waals surface area contributed by atoms with Gasteiger partial charge in [0.25, 0.3) is 21.5 Å². The van der Waals surface area contributed by atoms with Gasteiger partial charge in [0.2, 0.25) is 0 Å². The first-order valence-electron chi connectivity index (χ1n) is 11.2. The molecule has 0 bridgehead atoms. The molecule has 4 rings (SSSR count). The number of aromatic nitrogens is 2. The molecule has 0 radical (unpaired) electrons. The van der Waals surface area contributed by atoms with Crippen molar-refractivity contribution in [3.05, 3.63) is 76.0 Å². The first kappa shape index (κ1) is 24.6. The minimum Gasteiger partial charge on any atom is -0.351 e. The summed E-state index contributed by atoms with van der Waals surface area (Å²) in [4.78, 5) is 33.7. The van der Waals surface area contributed by atoms with Crippen LogP contribution in [0.3, 0.4) is 0 Å². The fourth-order valence-corrected chi connectivity index (χ4v) is 5.69. The summed E-state index contributed by atoms with van der Waals surface area (Å²) < 4.78 is 41.6. The molecule has 1 amide bonds. The average molecular weight is 499 g/mol. The Kier molecular flexibility index (Phi) is 6.27. The highest BCUT2D eigenvalue weighted by Gasteiger charge is 2.39. The Morgan fingerprint density at radius 2 is 1.97 bits per heavy atom. The number of pyridine rings is 2. The number of carbonyl (C=O) groups excluding carboxylic acids is 1. The number of amides is 1. The lowest BCUT2D eigenvalue weighted by atomic mass is 9.97. The summed E-state index contributed by atoms with van der Waals surface area (Å²) in [6, 6.07) is 9.93. The van der Waals surface area contributed by atoms with Gasteiger partial charge >= 0.3 is 0 Å². The van der Waals surface area contributed by atoms with E-state index in [4.69, 9.17) is 4.98 Å². The maximum atomic E-state index is 14.0. The van der Waals surface area contributed by atoms with E-state index in [0.29, 0.717) is 29.5 Å². The first-order valence-corrected chi connectivity index (χ1v) is 12.7. The average Bonchev–Trinajstić information content (AvgIpc) is 3.06. The van der Waals surface area contributed by atoms with Crippen LogP contribution in [0.25, 0.3) is 11.3 Å². The van der Waals surface area contributed by atoms with E-state index in [1.165, 1.54) is 30.5 Å². The van der Waals surface area contributed by atoms with E-state index in [-0.39, 0.29) is 11.1 Å². The van der Waals surface area contributed by atoms with Crippen molar-refractivity contribution in [1.82, 2.24) is 14.7 Å². The third-order valence-electron chi connectivity index (χ3n) is 6.22. The third-order valence-corrected chi connectivity index (χ3v) is 7.58. The molecule has 3 aromatic rings. The Labute approximate surface area is 203 Å². The monoisotopic (exact) mass is 498 g/mol. The number of carbonyl (C=O) groups is 1. The van der Waals surface area contributed by atoms with Crippen LogP contribution in [0.5, 0.6) is 0 Å². The molecule has 184 valence electrons. The van der Waals surface area contributed by atoms with Gasteiger partial charge in [0, 0.05) is 23.8 Å². The Balaban J connectivity index is 1.82. The zero-order valence-electron chi connectivity index (χ0n) is 19.9. The van der Waals surface area contributed by atoms with E-state index < -0.39 is 32.2 Å². The number of aromatic amines is 1. The number of H-pyrrole nitrogens is 1. The van der Waals surface area contributed by atoms with Gasteiger partial charge in [-0.25, -0.2) is 22.5 Å². The van der Waals surface area contributed by atoms with Gasteiger partial charge in [-0.15, -0.1) is 0 Å². The van der Waals surface area contributed by atoms with Gasteiger partial charge in [0.1, 0.15) is 11.6 Å². The van der Waals surface area contributed by atoms with Gasteiger partial charge in [0.05, 0.1) is 11.3 Å². The summed E-state index contributed by atoms with van der Waals surface area (Å²) in [6.07, 6.45) is 2.14. The lowest BCUT2D eigenvalue weighted by Gasteiger charge is -2.34. The molecule has 1 atom stereocenters. The van der Waals surface area contributed by atoms with Crippen LogP contribution in [0, 0.1) is 18.7 Å². The minimum absolute atomic E-state index is 0.0425. The zero-order chi connectivity index (χ0) is 25.5. The molecule has 35 heavy (non-hydrogen) atoms. The molecule has 10 heteroatoms. The molecule has 1 fully saturated rings. The van der Waals surface area contributed by atoms with Crippen LogP contribution >= 0.6 is 0 Å². The molecule has 0 spiro atoms. The number of anilines is 1. The third kappa shape index (κ3) is 4.84. The van der Waals surface area contributed by atoms with Crippen molar-refractivity contribution in [2.24, 2.45) is 5.92 Å². The van der Waals surface area contributed by atoms with Crippen LogP contribution in [-0.2, 0) is 10.0 Å². The Morgan fingerprint density at radius 1 is 1.23 bits per heavy atom. The van der Waals surface area contributed by atoms with E-state index in [2.05, 4.69) is 11.9 Å². The quantitative estimate of drug-likeness (QED) is 0.556. The van der Waals surface area contributed by atoms with Crippen molar-refractivity contribution in [3.63, 3.8) is 0 Å². The highest BCUT2D eigenvalue weighted by Crippen LogP contribution is 2.38. The van der Waals surface area contributed by atoms with Crippen molar-refractivity contribution in [1.29, 1.82) is 0 Å². The first-order chi connectivity index (χ1) is 16.4. The normalized spacial score (nSPS) is 17.4. The molecule has 0 aliphatic carbocycles. The molecule has 0 unspecified atom stereocenters. The second-order valence-corrected chi connectivity index (χ2v) is 11.2. The van der Waals surface area contributed by atoms with Crippen LogP contribution in [0.4, 0.5) is 10.2 Å². The summed E-state index contributed by atoms with van der Waals surface area (Å²) >= 11 is 0. The van der Waals surface area contributed by atoms with E-state index in [0.717, 1.165) is 18.1 Å². The number of nitrogens with zero attached hydrogens (tertiary/aromatic N) is 2. The van der Waals surface area contributed by atoms with Gasteiger partial charge in [0.15, 0.2) is 4.90 Å². The van der Waals surface area contributed by atoms with Crippen molar-refractivity contribution < 1.29 is 17.6 Å². The van der Waals surface area contributed by atoms with Crippen LogP contribution in [0.15, 0.2) is 58.4 Å². The molecule has 1 aromatic carbocycles. The van der Waals surface area contributed by atoms with E-state index in [1.807, 2.05) is 30.4 Å². The van der Waals surface area contributed by atoms with Crippen molar-refractivity contribution >= 4 is 21.7 Å². The summed E-state index contributed by atoms with van der Waals surface area (Å²) in [5.74, 6) is -0.706. The smallest absolute Gasteiger partial charge is 0.269 e. The summed E-state index contributed by atoms with van der Waals surface area (Å²) in [7, 11) is -4.43. The highest BCUT2D eigenvalue weighted by atomic mass is 32.2. The molecule has 1 saturated heterocycles. The minimum atomic E-state index is -4.43. The molecule has 1 aliphatic rings. The largest absolute Gasteiger partial charge is 0.351 e. The number of aryl methyl sites for hydroxylation is 1. The number of halogens is 1. The van der Waals surface area contributed by atoms with E-state index in [9.17, 15) is 22.4 Å². The molecular formula is C25H27FN4O4S. The maximum absolute atomic E-state index is 14.0. The van der Waals surface area contributed by atoms with Gasteiger partial charge in [-0.2, -0.15) is 0 Å². The van der Waals surface area contributed by atoms with Crippen LogP contribution in [-0.4, -0.2) is 36.4 Å². The zero-order valence-corrected chi connectivity index (χ0v) is 20.7. The summed E-state index contributed by atoms with van der Waals surface area (Å²) in [5, 5.41) is 0. The topological polar surface area (TPSA) is 112 Å². The Hall–Kier alpha value is -3.53. The number of nitrogens with one attached hydrogen (secondary N) is 2. The number of rotatable bonds is 5. The fourth-order valence-electron chi connectivity index (χ4n) is 4.66. The van der Waals surface area contributed by atoms with Gasteiger partial charge < -0.3 is 9.88 Å². The number of sulfonamides is 1. The van der Waals surface area contributed by atoms with E-state index in [1.54, 1.807) is 12.1 Å². The molecule has 1 aliphatic heterocycles. The summed E-state index contributed by atoms with van der Waals surface area (Å²) in [6.45, 7) is 8.59. The van der Waals surface area contributed by atoms with Crippen LogP contribution < -0.4 is 15.2 Å². The summed E-state index contributed by atoms with van der Waals surface area (Å²) in [5.41, 5.74) is 0.699. The number of benzene rings is 1. The van der Waals surface area contributed by atoms with Crippen molar-refractivity contribution in [3.8, 4) is 11.3 Å². The van der Waals surface area contributed by atoms with Crippen molar-refractivity contribution in [2.75, 3.05) is 11.4 Å². The Bertz CT molecular complexity index is 1470. The second-order valence-electron chi connectivity index (χ2n) is 9.56. The van der Waals surface area contributed by atoms with Crippen molar-refractivity contribution in [2.45, 2.75) is 44.6 Å². The molecule has 8 nitrogen and oxygen atoms in total. The molecule has 3 heterocycles. The van der Waals surface area contributed by atoms with Gasteiger partial charge in [-0.05, 0) is 75.1 Å². The fraction of sp³-hybridized carbons (Fsp3) is 0.320. The highest BCUT2D eigenvalue weighted by molar-refractivity contribution is 7.90. The van der Waals surface area contributed by atoms with Crippen LogP contribution in [0.1, 0.15) is 43.1 Å². The standard InChI is InChI=1S/C25H27FN4O4S/c1-15-13-25(3,4)30(14-15)22-18(9-10-20(28-22)19-12-17(26)8-7-16(19)2)23(31)29-35(33,34)21-6-5-11-27-24(21)32/h5-12,15H,13-14H2,1-4H3,(H,27,32)(H,29,31)/t15-/m0/s1. The maximum Gasteiger partial charge on any atom is 0.269 e.